The molecule has 0 aliphatic rings. The third-order valence-corrected chi connectivity index (χ3v) is 4.23. The molecule has 0 saturated heterocycles. The van der Waals surface area contributed by atoms with Crippen molar-refractivity contribution in [1.82, 2.24) is 5.32 Å². The van der Waals surface area contributed by atoms with Crippen molar-refractivity contribution in [3.63, 3.8) is 0 Å². The van der Waals surface area contributed by atoms with Gasteiger partial charge in [-0.3, -0.25) is 0 Å². The first-order valence-corrected chi connectivity index (χ1v) is 10.1. The molecule has 0 saturated carbocycles. The third kappa shape index (κ3) is 17.6. The molecule has 3 N–H and O–H groups in total. The van der Waals surface area contributed by atoms with E-state index in [9.17, 15) is 5.11 Å². The maximum Gasteiger partial charge on any atom is 0.373 e. The molecule has 0 radical (unpaired) electrons. The van der Waals surface area contributed by atoms with Crippen LogP contribution in [0.4, 0.5) is 0 Å². The second-order valence-electron chi connectivity index (χ2n) is 6.43. The van der Waals surface area contributed by atoms with Gasteiger partial charge in [-0.05, 0) is 30.5 Å². The summed E-state index contributed by atoms with van der Waals surface area (Å²) < 4.78 is 0. The maximum absolute atomic E-state index is 10.2. The van der Waals surface area contributed by atoms with Crippen LogP contribution >= 0.6 is 0 Å². The van der Waals surface area contributed by atoms with Gasteiger partial charge in [-0.25, -0.2) is 0 Å². The summed E-state index contributed by atoms with van der Waals surface area (Å²) in [5.74, 6) is 0. The third-order valence-electron chi connectivity index (χ3n) is 4.23. The summed E-state index contributed by atoms with van der Waals surface area (Å²) in [6.07, 6.45) is 11.0. The Kier molecular flexibility index (Phi) is 23.1. The zero-order valence-electron chi connectivity index (χ0n) is 17.4. The standard InChI is InChI=1S/C20H35NO.CO2.CH4O/c1-3-5-7-8-9-10-11-20(22)19-14-12-18(13-15-19)17-21-16-6-4-2;2-1-3;1-2/h12-15,20-22H,3-11,16-17H2,1-2H3;;2H,1H3. The van der Waals surface area contributed by atoms with E-state index < -0.39 is 0 Å². The van der Waals surface area contributed by atoms with Crippen LogP contribution in [0.15, 0.2) is 24.3 Å². The van der Waals surface area contributed by atoms with Crippen molar-refractivity contribution < 1.29 is 19.8 Å². The highest BCUT2D eigenvalue weighted by atomic mass is 16.3. The molecule has 156 valence electrons. The Labute approximate surface area is 165 Å². The Morgan fingerprint density at radius 3 is 1.96 bits per heavy atom. The van der Waals surface area contributed by atoms with E-state index in [0.29, 0.717) is 0 Å². The van der Waals surface area contributed by atoms with Crippen LogP contribution in [0.1, 0.15) is 88.9 Å². The van der Waals surface area contributed by atoms with Crippen LogP contribution in [0.2, 0.25) is 0 Å². The Bertz CT molecular complexity index is 442. The van der Waals surface area contributed by atoms with Gasteiger partial charge in [0.2, 0.25) is 0 Å². The van der Waals surface area contributed by atoms with Crippen LogP contribution < -0.4 is 5.32 Å². The van der Waals surface area contributed by atoms with Gasteiger partial charge in [0.05, 0.1) is 6.10 Å². The van der Waals surface area contributed by atoms with Gasteiger partial charge in [0.1, 0.15) is 0 Å². The Balaban J connectivity index is 0. The number of aliphatic hydroxyl groups is 2. The van der Waals surface area contributed by atoms with Gasteiger partial charge in [-0.2, -0.15) is 9.59 Å². The second kappa shape index (κ2) is 22.5. The predicted molar refractivity (Wildman–Crippen MR) is 109 cm³/mol. The Morgan fingerprint density at radius 2 is 1.41 bits per heavy atom. The molecule has 0 amide bonds. The molecule has 1 aromatic carbocycles. The predicted octanol–water partition coefficient (Wildman–Crippen LogP) is 4.39. The lowest BCUT2D eigenvalue weighted by Gasteiger charge is -2.12. The lowest BCUT2D eigenvalue weighted by Crippen LogP contribution is -2.14. The first kappa shape index (κ1) is 27.7. The zero-order valence-corrected chi connectivity index (χ0v) is 17.4. The van der Waals surface area contributed by atoms with Crippen molar-refractivity contribution in [3.05, 3.63) is 35.4 Å². The number of unbranched alkanes of at least 4 members (excludes halogenated alkanes) is 6. The Hall–Kier alpha value is -1.52. The maximum atomic E-state index is 10.2. The minimum absolute atomic E-state index is 0.250. The van der Waals surface area contributed by atoms with E-state index in [4.69, 9.17) is 14.7 Å². The smallest absolute Gasteiger partial charge is 0.373 e. The fourth-order valence-corrected chi connectivity index (χ4v) is 2.68. The molecule has 1 unspecified atom stereocenters. The molecule has 5 nitrogen and oxygen atoms in total. The van der Waals surface area contributed by atoms with E-state index in [1.165, 1.54) is 50.5 Å². The van der Waals surface area contributed by atoms with Crippen LogP contribution in [0, 0.1) is 0 Å². The molecular formula is C22H39NO4. The lowest BCUT2D eigenvalue weighted by atomic mass is 10.0. The largest absolute Gasteiger partial charge is 0.400 e. The average molecular weight is 382 g/mol. The molecular weight excluding hydrogens is 342 g/mol. The molecule has 1 rings (SSSR count). The molecule has 0 aromatic heterocycles. The highest BCUT2D eigenvalue weighted by Gasteiger charge is 2.07. The SMILES string of the molecule is CCCCCCCCC(O)c1ccc(CNCCCC)cc1.CO.O=C=O. The van der Waals surface area contributed by atoms with Gasteiger partial charge in [0.15, 0.2) is 0 Å². The molecule has 0 aliphatic carbocycles. The number of hydrogen-bond donors (Lipinski definition) is 3. The van der Waals surface area contributed by atoms with E-state index in [-0.39, 0.29) is 12.3 Å². The Morgan fingerprint density at radius 1 is 0.889 bits per heavy atom. The molecule has 0 bridgehead atoms. The zero-order chi connectivity index (χ0) is 20.8. The minimum Gasteiger partial charge on any atom is -0.400 e. The first-order chi connectivity index (χ1) is 13.2. The van der Waals surface area contributed by atoms with Gasteiger partial charge in [0, 0.05) is 13.7 Å². The number of benzene rings is 1. The van der Waals surface area contributed by atoms with Crippen molar-refractivity contribution in [3.8, 4) is 0 Å². The van der Waals surface area contributed by atoms with Gasteiger partial charge >= 0.3 is 6.15 Å². The summed E-state index contributed by atoms with van der Waals surface area (Å²) >= 11 is 0. The summed E-state index contributed by atoms with van der Waals surface area (Å²) in [6, 6.07) is 8.44. The normalized spacial score (nSPS) is 10.7. The number of aliphatic hydroxyl groups excluding tert-OH is 2. The van der Waals surface area contributed by atoms with Crippen LogP contribution in [0.5, 0.6) is 0 Å². The summed E-state index contributed by atoms with van der Waals surface area (Å²) in [7, 11) is 1.00. The fourth-order valence-electron chi connectivity index (χ4n) is 2.68. The van der Waals surface area contributed by atoms with Crippen LogP contribution in [-0.4, -0.2) is 30.0 Å². The molecule has 5 heteroatoms. The van der Waals surface area contributed by atoms with E-state index >= 15 is 0 Å². The summed E-state index contributed by atoms with van der Waals surface area (Å²) in [5, 5.41) is 20.7. The van der Waals surface area contributed by atoms with Gasteiger partial charge in [-0.1, -0.05) is 83.1 Å². The highest BCUT2D eigenvalue weighted by molar-refractivity contribution is 5.24. The van der Waals surface area contributed by atoms with Crippen LogP contribution in [0.3, 0.4) is 0 Å². The molecule has 0 fully saturated rings. The highest BCUT2D eigenvalue weighted by Crippen LogP contribution is 2.20. The quantitative estimate of drug-likeness (QED) is 0.441. The van der Waals surface area contributed by atoms with Crippen molar-refractivity contribution in [2.45, 2.75) is 84.3 Å². The molecule has 0 heterocycles. The molecule has 1 aromatic rings. The number of rotatable bonds is 13. The lowest BCUT2D eigenvalue weighted by molar-refractivity contribution is -0.191. The topological polar surface area (TPSA) is 86.6 Å². The first-order valence-electron chi connectivity index (χ1n) is 10.1. The van der Waals surface area contributed by atoms with Crippen LogP contribution in [-0.2, 0) is 16.1 Å². The summed E-state index contributed by atoms with van der Waals surface area (Å²) in [4.78, 5) is 16.2. The molecule has 27 heavy (non-hydrogen) atoms. The van der Waals surface area contributed by atoms with Crippen molar-refractivity contribution in [1.29, 1.82) is 0 Å². The minimum atomic E-state index is -0.298. The number of nitrogens with one attached hydrogen (secondary N) is 1. The monoisotopic (exact) mass is 381 g/mol. The van der Waals surface area contributed by atoms with Gasteiger partial charge in [0.25, 0.3) is 0 Å². The summed E-state index contributed by atoms with van der Waals surface area (Å²) in [6.45, 7) is 6.46. The van der Waals surface area contributed by atoms with E-state index in [2.05, 4.69) is 43.4 Å². The summed E-state index contributed by atoms with van der Waals surface area (Å²) in [5.41, 5.74) is 2.36. The van der Waals surface area contributed by atoms with E-state index in [1.54, 1.807) is 0 Å². The van der Waals surface area contributed by atoms with Crippen molar-refractivity contribution >= 4 is 6.15 Å². The van der Waals surface area contributed by atoms with E-state index in [0.717, 1.165) is 38.6 Å². The average Bonchev–Trinajstić information content (AvgIpc) is 2.70. The molecule has 0 spiro atoms. The van der Waals surface area contributed by atoms with Gasteiger partial charge in [-0.15, -0.1) is 0 Å². The van der Waals surface area contributed by atoms with Crippen LogP contribution in [0.25, 0.3) is 0 Å². The van der Waals surface area contributed by atoms with E-state index in [1.807, 2.05) is 0 Å². The molecule has 1 atom stereocenters. The number of hydrogen-bond acceptors (Lipinski definition) is 5. The van der Waals surface area contributed by atoms with Crippen molar-refractivity contribution in [2.75, 3.05) is 13.7 Å². The van der Waals surface area contributed by atoms with Crippen molar-refractivity contribution in [2.24, 2.45) is 0 Å². The number of carbonyl (C=O) groups excluding carboxylic acids is 2. The fraction of sp³-hybridized carbons (Fsp3) is 0.682. The van der Waals surface area contributed by atoms with Gasteiger partial charge < -0.3 is 15.5 Å². The second-order valence-corrected chi connectivity index (χ2v) is 6.43. The molecule has 0 aliphatic heterocycles.